The third-order valence-corrected chi connectivity index (χ3v) is 5.14. The Morgan fingerprint density at radius 2 is 1.91 bits per heavy atom. The molecule has 0 bridgehead atoms. The lowest BCUT2D eigenvalue weighted by Gasteiger charge is -2.10. The van der Waals surface area contributed by atoms with Crippen molar-refractivity contribution in [2.45, 2.75) is 9.79 Å². The van der Waals surface area contributed by atoms with E-state index < -0.39 is 37.1 Å². The summed E-state index contributed by atoms with van der Waals surface area (Å²) >= 11 is 0. The molecule has 1 atom stereocenters. The Hall–Kier alpha value is -2.24. The maximum absolute atomic E-state index is 13.5. The predicted molar refractivity (Wildman–Crippen MR) is 80.7 cm³/mol. The van der Waals surface area contributed by atoms with Gasteiger partial charge in [0.2, 0.25) is 0 Å². The molecule has 2 aromatic rings. The first-order chi connectivity index (χ1) is 10.3. The second kappa shape index (κ2) is 6.25. The number of nitrogens with zero attached hydrogens (tertiary/aromatic N) is 1. The van der Waals surface area contributed by atoms with Crippen LogP contribution in [-0.2, 0) is 20.8 Å². The van der Waals surface area contributed by atoms with E-state index in [4.69, 9.17) is 5.26 Å². The minimum atomic E-state index is -4.13. The van der Waals surface area contributed by atoms with E-state index in [-0.39, 0.29) is 5.69 Å². The molecule has 2 aromatic carbocycles. The van der Waals surface area contributed by atoms with E-state index in [0.29, 0.717) is 4.90 Å². The van der Waals surface area contributed by atoms with Crippen LogP contribution in [0.25, 0.3) is 0 Å². The van der Waals surface area contributed by atoms with Crippen LogP contribution in [-0.4, -0.2) is 18.9 Å². The minimum Gasteiger partial charge on any atom is -0.280 e. The summed E-state index contributed by atoms with van der Waals surface area (Å²) in [6.45, 7) is 0. The van der Waals surface area contributed by atoms with Crippen molar-refractivity contribution in [3.05, 3.63) is 53.8 Å². The van der Waals surface area contributed by atoms with Gasteiger partial charge >= 0.3 is 0 Å². The highest BCUT2D eigenvalue weighted by Crippen LogP contribution is 2.22. The molecule has 0 aliphatic carbocycles. The van der Waals surface area contributed by atoms with Crippen LogP contribution in [0.4, 0.5) is 10.1 Å². The van der Waals surface area contributed by atoms with Crippen LogP contribution >= 0.6 is 0 Å². The zero-order valence-electron chi connectivity index (χ0n) is 11.4. The monoisotopic (exact) mass is 338 g/mol. The number of hydrogen-bond donors (Lipinski definition) is 1. The molecule has 0 aliphatic rings. The summed E-state index contributed by atoms with van der Waals surface area (Å²) in [4.78, 5) is -0.00188. The first-order valence-electron chi connectivity index (χ1n) is 6.00. The summed E-state index contributed by atoms with van der Waals surface area (Å²) in [6, 6.07) is 10.9. The van der Waals surface area contributed by atoms with Crippen molar-refractivity contribution in [1.29, 1.82) is 5.26 Å². The van der Waals surface area contributed by atoms with E-state index in [9.17, 15) is 17.0 Å². The number of hydrogen-bond acceptors (Lipinski definition) is 4. The minimum absolute atomic E-state index is 0.181. The largest absolute Gasteiger partial charge is 0.280 e. The molecule has 0 spiro atoms. The van der Waals surface area contributed by atoms with Crippen molar-refractivity contribution in [2.75, 3.05) is 11.0 Å². The van der Waals surface area contributed by atoms with E-state index in [1.807, 2.05) is 0 Å². The summed E-state index contributed by atoms with van der Waals surface area (Å²) in [7, 11) is -5.40. The molecule has 1 N–H and O–H groups in total. The van der Waals surface area contributed by atoms with E-state index in [0.717, 1.165) is 12.1 Å². The molecule has 2 rings (SSSR count). The Morgan fingerprint density at radius 3 is 2.55 bits per heavy atom. The first-order valence-corrected chi connectivity index (χ1v) is 9.04. The average Bonchev–Trinajstić information content (AvgIpc) is 2.46. The molecular weight excluding hydrogens is 327 g/mol. The van der Waals surface area contributed by atoms with E-state index in [1.54, 1.807) is 18.2 Å². The quantitative estimate of drug-likeness (QED) is 0.926. The summed E-state index contributed by atoms with van der Waals surface area (Å²) in [5, 5.41) is 8.92. The Labute approximate surface area is 129 Å². The van der Waals surface area contributed by atoms with Crippen LogP contribution in [0.15, 0.2) is 52.3 Å². The summed E-state index contributed by atoms with van der Waals surface area (Å²) < 4.78 is 51.8. The van der Waals surface area contributed by atoms with Crippen molar-refractivity contribution in [2.24, 2.45) is 0 Å². The van der Waals surface area contributed by atoms with Crippen molar-refractivity contribution in [3.63, 3.8) is 0 Å². The molecule has 0 aliphatic heterocycles. The summed E-state index contributed by atoms with van der Waals surface area (Å²) in [6.07, 6.45) is 1.47. The fraction of sp³-hybridized carbons (Fsp3) is 0.0714. The smallest absolute Gasteiger partial charge is 0.263 e. The van der Waals surface area contributed by atoms with Crippen LogP contribution in [0.1, 0.15) is 5.56 Å². The Morgan fingerprint density at radius 1 is 1.23 bits per heavy atom. The molecule has 0 radical (unpaired) electrons. The molecule has 0 saturated heterocycles. The Balaban J connectivity index is 2.45. The van der Waals surface area contributed by atoms with Crippen LogP contribution in [0.5, 0.6) is 0 Å². The number of nitrogens with one attached hydrogen (secondary N) is 1. The highest BCUT2D eigenvalue weighted by Gasteiger charge is 2.21. The molecule has 0 fully saturated rings. The van der Waals surface area contributed by atoms with Crippen LogP contribution in [0.3, 0.4) is 0 Å². The number of benzene rings is 2. The molecule has 0 amide bonds. The number of halogens is 1. The maximum atomic E-state index is 13.5. The molecule has 1 unspecified atom stereocenters. The second-order valence-electron chi connectivity index (χ2n) is 4.31. The van der Waals surface area contributed by atoms with Gasteiger partial charge in [-0.1, -0.05) is 12.1 Å². The van der Waals surface area contributed by atoms with E-state index >= 15 is 0 Å². The van der Waals surface area contributed by atoms with Crippen molar-refractivity contribution < 1.29 is 17.0 Å². The number of rotatable bonds is 4. The van der Waals surface area contributed by atoms with Gasteiger partial charge in [0.15, 0.2) is 0 Å². The van der Waals surface area contributed by atoms with Crippen LogP contribution < -0.4 is 4.72 Å². The number of sulfonamides is 1. The molecule has 114 valence electrons. The van der Waals surface area contributed by atoms with Crippen molar-refractivity contribution >= 4 is 26.5 Å². The fourth-order valence-electron chi connectivity index (χ4n) is 1.79. The molecular formula is C14H11FN2O3S2. The van der Waals surface area contributed by atoms with Crippen LogP contribution in [0.2, 0.25) is 0 Å². The summed E-state index contributed by atoms with van der Waals surface area (Å²) in [5.74, 6) is -0.909. The highest BCUT2D eigenvalue weighted by atomic mass is 32.2. The molecule has 0 heterocycles. The highest BCUT2D eigenvalue weighted by molar-refractivity contribution is 7.92. The normalized spacial score (nSPS) is 12.4. The molecule has 0 saturated carbocycles. The zero-order valence-corrected chi connectivity index (χ0v) is 13.0. The Kier molecular flexibility index (Phi) is 4.59. The summed E-state index contributed by atoms with van der Waals surface area (Å²) in [5.41, 5.74) is -0.369. The van der Waals surface area contributed by atoms with Gasteiger partial charge in [0.05, 0.1) is 5.69 Å². The lowest BCUT2D eigenvalue weighted by molar-refractivity contribution is 0.593. The molecule has 5 nitrogen and oxygen atoms in total. The van der Waals surface area contributed by atoms with E-state index in [1.165, 1.54) is 24.5 Å². The van der Waals surface area contributed by atoms with Gasteiger partial charge in [-0.15, -0.1) is 0 Å². The first kappa shape index (κ1) is 16.1. The number of anilines is 1. The second-order valence-corrected chi connectivity index (χ2v) is 7.34. The molecule has 0 aromatic heterocycles. The predicted octanol–water partition coefficient (Wildman–Crippen LogP) is 2.24. The lowest BCUT2D eigenvalue weighted by Crippen LogP contribution is -2.15. The van der Waals surface area contributed by atoms with Gasteiger partial charge in [-0.2, -0.15) is 5.26 Å². The van der Waals surface area contributed by atoms with Crippen molar-refractivity contribution in [1.82, 2.24) is 0 Å². The van der Waals surface area contributed by atoms with Crippen LogP contribution in [0, 0.1) is 17.1 Å². The van der Waals surface area contributed by atoms with Gasteiger partial charge in [0.25, 0.3) is 10.0 Å². The van der Waals surface area contributed by atoms with Gasteiger partial charge in [-0.3, -0.25) is 8.93 Å². The maximum Gasteiger partial charge on any atom is 0.263 e. The van der Waals surface area contributed by atoms with Gasteiger partial charge in [0, 0.05) is 22.0 Å². The average molecular weight is 338 g/mol. The fourth-order valence-corrected chi connectivity index (χ4v) is 3.57. The molecule has 22 heavy (non-hydrogen) atoms. The Bertz CT molecular complexity index is 889. The van der Waals surface area contributed by atoms with Gasteiger partial charge in [-0.25, -0.2) is 12.8 Å². The van der Waals surface area contributed by atoms with Gasteiger partial charge in [0.1, 0.15) is 22.3 Å². The van der Waals surface area contributed by atoms with Crippen molar-refractivity contribution in [3.8, 4) is 6.07 Å². The molecule has 8 heteroatoms. The van der Waals surface area contributed by atoms with Gasteiger partial charge in [-0.05, 0) is 30.3 Å². The third kappa shape index (κ3) is 3.32. The topological polar surface area (TPSA) is 87.0 Å². The number of nitriles is 1. The zero-order chi connectivity index (χ0) is 16.3. The SMILES string of the molecule is CS(=O)c1cccc(NS(=O)(=O)c2cccc(F)c2C#N)c1. The third-order valence-electron chi connectivity index (χ3n) is 2.79. The van der Waals surface area contributed by atoms with Gasteiger partial charge < -0.3 is 0 Å². The lowest BCUT2D eigenvalue weighted by atomic mass is 10.2. The van der Waals surface area contributed by atoms with E-state index in [2.05, 4.69) is 4.72 Å². The standard InChI is InChI=1S/C14H11FN2O3S2/c1-21(18)11-5-2-4-10(8-11)17-22(19,20)14-7-3-6-13(15)12(14)9-16/h2-8,17H,1H3.